The van der Waals surface area contributed by atoms with Gasteiger partial charge in [0.05, 0.1) is 11.0 Å². The Kier molecular flexibility index (Phi) is 6.04. The Morgan fingerprint density at radius 2 is 2.16 bits per heavy atom. The molecule has 0 spiro atoms. The van der Waals surface area contributed by atoms with Gasteiger partial charge in [0.15, 0.2) is 0 Å². The summed E-state index contributed by atoms with van der Waals surface area (Å²) >= 11 is 0. The van der Waals surface area contributed by atoms with Crippen LogP contribution in [0, 0.1) is 0 Å². The van der Waals surface area contributed by atoms with Gasteiger partial charge >= 0.3 is 0 Å². The first-order valence-electron chi connectivity index (χ1n) is 9.42. The van der Waals surface area contributed by atoms with Crippen LogP contribution in [0.25, 0.3) is 11.0 Å². The zero-order valence-electron chi connectivity index (χ0n) is 15.3. The van der Waals surface area contributed by atoms with Crippen LogP contribution in [0.3, 0.4) is 0 Å². The van der Waals surface area contributed by atoms with Gasteiger partial charge in [-0.2, -0.15) is 0 Å². The lowest BCUT2D eigenvalue weighted by Crippen LogP contribution is -2.29. The lowest BCUT2D eigenvalue weighted by molar-refractivity contribution is -0.116. The Bertz CT molecular complexity index is 701. The molecule has 1 saturated heterocycles. The lowest BCUT2D eigenvalue weighted by atomic mass is 10.1. The molecule has 1 aromatic carbocycles. The lowest BCUT2D eigenvalue weighted by Gasteiger charge is -2.19. The number of imidazole rings is 1. The summed E-state index contributed by atoms with van der Waals surface area (Å²) in [6.45, 7) is 9.18. The molecule has 1 amide bonds. The second-order valence-electron chi connectivity index (χ2n) is 6.65. The van der Waals surface area contributed by atoms with Crippen LogP contribution in [0.4, 0.5) is 5.95 Å². The van der Waals surface area contributed by atoms with Gasteiger partial charge in [0.25, 0.3) is 0 Å². The summed E-state index contributed by atoms with van der Waals surface area (Å²) in [5.74, 6) is 0.704. The van der Waals surface area contributed by atoms with Crippen molar-refractivity contribution in [2.24, 2.45) is 0 Å². The molecule has 1 atom stereocenters. The van der Waals surface area contributed by atoms with Gasteiger partial charge in [0, 0.05) is 25.6 Å². The Balaban J connectivity index is 1.75. The number of anilines is 1. The Labute approximate surface area is 149 Å². The fourth-order valence-electron chi connectivity index (χ4n) is 3.51. The standard InChI is InChI=1S/C19H29N5O/c1-3-23(4-2)12-13-24-17-10-6-5-9-16(17)21-19(24)22-18(25)14-15-8-7-11-20-15/h5-6,9-10,15,20H,3-4,7-8,11-14H2,1-2H3,(H,21,22,25). The average Bonchev–Trinajstić information content (AvgIpc) is 3.23. The van der Waals surface area contributed by atoms with Crippen LogP contribution in [0.2, 0.25) is 0 Å². The third kappa shape index (κ3) is 4.38. The normalized spacial score (nSPS) is 17.5. The van der Waals surface area contributed by atoms with E-state index in [1.807, 2.05) is 18.2 Å². The monoisotopic (exact) mass is 343 g/mol. The van der Waals surface area contributed by atoms with E-state index >= 15 is 0 Å². The number of likely N-dealkylation sites (N-methyl/N-ethyl adjacent to an activating group) is 1. The number of nitrogens with one attached hydrogen (secondary N) is 2. The van der Waals surface area contributed by atoms with E-state index in [1.54, 1.807) is 0 Å². The molecule has 2 aromatic rings. The molecule has 3 rings (SSSR count). The highest BCUT2D eigenvalue weighted by molar-refractivity contribution is 5.91. The first-order valence-corrected chi connectivity index (χ1v) is 9.42. The van der Waals surface area contributed by atoms with Crippen LogP contribution in [0.5, 0.6) is 0 Å². The molecule has 1 aromatic heterocycles. The number of amides is 1. The first-order chi connectivity index (χ1) is 12.2. The third-order valence-electron chi connectivity index (χ3n) is 5.03. The fraction of sp³-hybridized carbons (Fsp3) is 0.579. The third-order valence-corrected chi connectivity index (χ3v) is 5.03. The minimum Gasteiger partial charge on any atom is -0.313 e. The number of carbonyl (C=O) groups excluding carboxylic acids is 1. The Morgan fingerprint density at radius 3 is 2.88 bits per heavy atom. The molecule has 1 fully saturated rings. The van der Waals surface area contributed by atoms with Crippen molar-refractivity contribution >= 4 is 22.9 Å². The van der Waals surface area contributed by atoms with Gasteiger partial charge in [0.2, 0.25) is 11.9 Å². The number of aromatic nitrogens is 2. The van der Waals surface area contributed by atoms with Crippen LogP contribution < -0.4 is 10.6 Å². The van der Waals surface area contributed by atoms with Crippen LogP contribution in [-0.4, -0.2) is 52.6 Å². The molecule has 6 nitrogen and oxygen atoms in total. The molecule has 2 heterocycles. The molecule has 1 aliphatic rings. The van der Waals surface area contributed by atoms with Crippen molar-refractivity contribution in [2.45, 2.75) is 45.7 Å². The molecule has 136 valence electrons. The number of hydrogen-bond donors (Lipinski definition) is 2. The van der Waals surface area contributed by atoms with Crippen molar-refractivity contribution in [1.82, 2.24) is 19.8 Å². The molecule has 25 heavy (non-hydrogen) atoms. The number of carbonyl (C=O) groups is 1. The van der Waals surface area contributed by atoms with Crippen LogP contribution in [0.1, 0.15) is 33.1 Å². The molecular formula is C19H29N5O. The highest BCUT2D eigenvalue weighted by Crippen LogP contribution is 2.20. The van der Waals surface area contributed by atoms with Crippen LogP contribution in [-0.2, 0) is 11.3 Å². The van der Waals surface area contributed by atoms with Crippen molar-refractivity contribution in [3.8, 4) is 0 Å². The second kappa shape index (κ2) is 8.45. The summed E-state index contributed by atoms with van der Waals surface area (Å²) in [4.78, 5) is 19.5. The largest absolute Gasteiger partial charge is 0.313 e. The van der Waals surface area contributed by atoms with Gasteiger partial charge < -0.3 is 14.8 Å². The molecular weight excluding hydrogens is 314 g/mol. The predicted octanol–water partition coefficient (Wildman–Crippen LogP) is 2.46. The van der Waals surface area contributed by atoms with Crippen molar-refractivity contribution in [3.63, 3.8) is 0 Å². The zero-order valence-corrected chi connectivity index (χ0v) is 15.3. The second-order valence-corrected chi connectivity index (χ2v) is 6.65. The highest BCUT2D eigenvalue weighted by atomic mass is 16.1. The van der Waals surface area contributed by atoms with E-state index in [4.69, 9.17) is 0 Å². The molecule has 1 unspecified atom stereocenters. The van der Waals surface area contributed by atoms with Gasteiger partial charge in [-0.3, -0.25) is 10.1 Å². The number of hydrogen-bond acceptors (Lipinski definition) is 4. The molecule has 1 aliphatic heterocycles. The van der Waals surface area contributed by atoms with E-state index in [-0.39, 0.29) is 5.91 Å². The molecule has 0 radical (unpaired) electrons. The summed E-state index contributed by atoms with van der Waals surface area (Å²) in [5.41, 5.74) is 2.00. The number of para-hydroxylation sites is 2. The number of fused-ring (bicyclic) bond motifs is 1. The van der Waals surface area contributed by atoms with Crippen molar-refractivity contribution < 1.29 is 4.79 Å². The molecule has 0 saturated carbocycles. The van der Waals surface area contributed by atoms with E-state index in [0.717, 1.165) is 56.6 Å². The molecule has 6 heteroatoms. The maximum Gasteiger partial charge on any atom is 0.228 e. The summed E-state index contributed by atoms with van der Waals surface area (Å²) in [7, 11) is 0. The van der Waals surface area contributed by atoms with Gasteiger partial charge in [0.1, 0.15) is 0 Å². The molecule has 0 aliphatic carbocycles. The van der Waals surface area contributed by atoms with Gasteiger partial charge in [-0.05, 0) is 44.6 Å². The molecule has 0 bridgehead atoms. The minimum absolute atomic E-state index is 0.0406. The quantitative estimate of drug-likeness (QED) is 0.773. The summed E-state index contributed by atoms with van der Waals surface area (Å²) < 4.78 is 2.13. The first kappa shape index (κ1) is 17.9. The topological polar surface area (TPSA) is 62.2 Å². The van der Waals surface area contributed by atoms with Crippen molar-refractivity contribution in [3.05, 3.63) is 24.3 Å². The van der Waals surface area contributed by atoms with E-state index in [0.29, 0.717) is 18.4 Å². The maximum atomic E-state index is 12.4. The zero-order chi connectivity index (χ0) is 17.6. The van der Waals surface area contributed by atoms with Crippen molar-refractivity contribution in [2.75, 3.05) is 31.5 Å². The van der Waals surface area contributed by atoms with Crippen LogP contribution >= 0.6 is 0 Å². The van der Waals surface area contributed by atoms with Crippen molar-refractivity contribution in [1.29, 1.82) is 0 Å². The summed E-state index contributed by atoms with van der Waals surface area (Å²) in [5, 5.41) is 6.42. The summed E-state index contributed by atoms with van der Waals surface area (Å²) in [6, 6.07) is 8.37. The average molecular weight is 343 g/mol. The number of benzene rings is 1. The van der Waals surface area contributed by atoms with E-state index in [1.165, 1.54) is 0 Å². The highest BCUT2D eigenvalue weighted by Gasteiger charge is 2.19. The van der Waals surface area contributed by atoms with E-state index in [2.05, 4.69) is 45.0 Å². The fourth-order valence-corrected chi connectivity index (χ4v) is 3.51. The SMILES string of the molecule is CCN(CC)CCn1c(NC(=O)CC2CCCN2)nc2ccccc21. The maximum absolute atomic E-state index is 12.4. The van der Waals surface area contributed by atoms with Gasteiger partial charge in [-0.15, -0.1) is 0 Å². The summed E-state index contributed by atoms with van der Waals surface area (Å²) in [6.07, 6.45) is 2.74. The van der Waals surface area contributed by atoms with Crippen LogP contribution in [0.15, 0.2) is 24.3 Å². The van der Waals surface area contributed by atoms with E-state index in [9.17, 15) is 4.79 Å². The number of nitrogens with zero attached hydrogens (tertiary/aromatic N) is 3. The Morgan fingerprint density at radius 1 is 1.36 bits per heavy atom. The van der Waals surface area contributed by atoms with E-state index < -0.39 is 0 Å². The predicted molar refractivity (Wildman–Crippen MR) is 102 cm³/mol. The Hall–Kier alpha value is -1.92. The smallest absolute Gasteiger partial charge is 0.228 e. The van der Waals surface area contributed by atoms with Gasteiger partial charge in [-0.25, -0.2) is 4.98 Å². The minimum atomic E-state index is 0.0406. The number of rotatable bonds is 8. The molecule has 2 N–H and O–H groups in total. The van der Waals surface area contributed by atoms with Gasteiger partial charge in [-0.1, -0.05) is 26.0 Å².